The van der Waals surface area contributed by atoms with E-state index in [-0.39, 0.29) is 30.9 Å². The third-order valence-corrected chi connectivity index (χ3v) is 7.27. The van der Waals surface area contributed by atoms with Gasteiger partial charge in [0.15, 0.2) is 0 Å². The molecule has 0 aromatic heterocycles. The third kappa shape index (κ3) is 4.65. The lowest BCUT2D eigenvalue weighted by Gasteiger charge is -2.28. The highest BCUT2D eigenvalue weighted by Crippen LogP contribution is 2.44. The average Bonchev–Trinajstić information content (AvgIpc) is 3.43. The quantitative estimate of drug-likeness (QED) is 0.614. The van der Waals surface area contributed by atoms with E-state index in [0.29, 0.717) is 25.3 Å². The Labute approximate surface area is 199 Å². The molecule has 7 heteroatoms. The SMILES string of the molecule is O=C(O)C[C@@H]1CCCN1C(=O)[C@H](CC1CC1)NC(=O)OCC1c2ccccc2-c2ccccc21. The van der Waals surface area contributed by atoms with Crippen LogP contribution in [0.25, 0.3) is 11.1 Å². The molecule has 0 radical (unpaired) electrons. The lowest BCUT2D eigenvalue weighted by atomic mass is 9.98. The fourth-order valence-electron chi connectivity index (χ4n) is 5.43. The second-order valence-corrected chi connectivity index (χ2v) is 9.63. The first kappa shape index (κ1) is 22.4. The molecule has 7 nitrogen and oxygen atoms in total. The summed E-state index contributed by atoms with van der Waals surface area (Å²) in [5.41, 5.74) is 4.59. The van der Waals surface area contributed by atoms with Crippen molar-refractivity contribution < 1.29 is 24.2 Å². The van der Waals surface area contributed by atoms with Gasteiger partial charge in [-0.05, 0) is 47.4 Å². The summed E-state index contributed by atoms with van der Waals surface area (Å²) in [4.78, 5) is 39.0. The minimum Gasteiger partial charge on any atom is -0.481 e. The number of carboxylic acid groups (broad SMARTS) is 1. The molecule has 2 aromatic rings. The molecule has 2 fully saturated rings. The van der Waals surface area contributed by atoms with Crippen molar-refractivity contribution in [2.24, 2.45) is 5.92 Å². The van der Waals surface area contributed by atoms with Gasteiger partial charge in [0.25, 0.3) is 0 Å². The lowest BCUT2D eigenvalue weighted by Crippen LogP contribution is -2.50. The Morgan fingerprint density at radius 2 is 1.65 bits per heavy atom. The smallest absolute Gasteiger partial charge is 0.407 e. The first-order valence-corrected chi connectivity index (χ1v) is 12.1. The number of alkyl carbamates (subject to hydrolysis) is 1. The molecule has 5 rings (SSSR count). The van der Waals surface area contributed by atoms with E-state index in [1.54, 1.807) is 4.90 Å². The summed E-state index contributed by atoms with van der Waals surface area (Å²) >= 11 is 0. The van der Waals surface area contributed by atoms with Crippen molar-refractivity contribution in [2.45, 2.75) is 56.5 Å². The number of likely N-dealkylation sites (tertiary alicyclic amines) is 1. The van der Waals surface area contributed by atoms with Crippen molar-refractivity contribution in [1.82, 2.24) is 10.2 Å². The van der Waals surface area contributed by atoms with E-state index in [4.69, 9.17) is 4.74 Å². The predicted molar refractivity (Wildman–Crippen MR) is 126 cm³/mol. The molecule has 3 aliphatic rings. The van der Waals surface area contributed by atoms with Crippen molar-refractivity contribution in [3.63, 3.8) is 0 Å². The maximum atomic E-state index is 13.3. The highest BCUT2D eigenvalue weighted by atomic mass is 16.5. The van der Waals surface area contributed by atoms with Gasteiger partial charge in [-0.15, -0.1) is 0 Å². The number of rotatable bonds is 8. The van der Waals surface area contributed by atoms with Crippen LogP contribution >= 0.6 is 0 Å². The second-order valence-electron chi connectivity index (χ2n) is 9.63. The first-order chi connectivity index (χ1) is 16.5. The zero-order valence-corrected chi connectivity index (χ0v) is 19.1. The summed E-state index contributed by atoms with van der Waals surface area (Å²) in [7, 11) is 0. The average molecular weight is 463 g/mol. The normalized spacial score (nSPS) is 19.9. The highest BCUT2D eigenvalue weighted by Gasteiger charge is 2.38. The van der Waals surface area contributed by atoms with Crippen molar-refractivity contribution in [3.8, 4) is 11.1 Å². The predicted octanol–water partition coefficient (Wildman–Crippen LogP) is 4.16. The molecule has 1 heterocycles. The molecule has 0 bridgehead atoms. The van der Waals surface area contributed by atoms with Crippen LogP contribution in [0.15, 0.2) is 48.5 Å². The standard InChI is InChI=1S/C27H30N2O5/c30-25(31)15-18-6-5-13-29(18)26(32)24(14-17-11-12-17)28-27(33)34-16-23-21-9-3-1-7-19(21)20-8-2-4-10-22(20)23/h1-4,7-10,17-18,23-24H,5-6,11-16H2,(H,28,33)(H,30,31)/t18-,24-/m0/s1. The molecule has 0 unspecified atom stereocenters. The fraction of sp³-hybridized carbons (Fsp3) is 0.444. The number of carbonyl (C=O) groups excluding carboxylic acids is 2. The number of hydrogen-bond donors (Lipinski definition) is 2. The maximum Gasteiger partial charge on any atom is 0.407 e. The summed E-state index contributed by atoms with van der Waals surface area (Å²) in [6.07, 6.45) is 3.47. The van der Waals surface area contributed by atoms with Crippen molar-refractivity contribution in [2.75, 3.05) is 13.2 Å². The summed E-state index contributed by atoms with van der Waals surface area (Å²) in [6.45, 7) is 0.722. The van der Waals surface area contributed by atoms with Crippen molar-refractivity contribution >= 4 is 18.0 Å². The number of carboxylic acids is 1. The van der Waals surface area contributed by atoms with Gasteiger partial charge in [-0.3, -0.25) is 9.59 Å². The van der Waals surface area contributed by atoms with Crippen LogP contribution in [-0.2, 0) is 14.3 Å². The van der Waals surface area contributed by atoms with Gasteiger partial charge in [-0.1, -0.05) is 61.4 Å². The molecule has 2 atom stereocenters. The molecule has 2 aliphatic carbocycles. The zero-order chi connectivity index (χ0) is 23.7. The molecular weight excluding hydrogens is 432 g/mol. The number of nitrogens with one attached hydrogen (secondary N) is 1. The van der Waals surface area contributed by atoms with Crippen LogP contribution in [0, 0.1) is 5.92 Å². The van der Waals surface area contributed by atoms with Gasteiger partial charge < -0.3 is 20.1 Å². The molecular formula is C27H30N2O5. The largest absolute Gasteiger partial charge is 0.481 e. The molecule has 1 saturated carbocycles. The van der Waals surface area contributed by atoms with E-state index in [1.807, 2.05) is 24.3 Å². The van der Waals surface area contributed by atoms with Crippen molar-refractivity contribution in [1.29, 1.82) is 0 Å². The van der Waals surface area contributed by atoms with E-state index in [0.717, 1.165) is 41.5 Å². The minimum atomic E-state index is -0.909. The Hall–Kier alpha value is -3.35. The first-order valence-electron chi connectivity index (χ1n) is 12.1. The van der Waals surface area contributed by atoms with E-state index in [2.05, 4.69) is 29.6 Å². The van der Waals surface area contributed by atoms with E-state index in [9.17, 15) is 19.5 Å². The van der Waals surface area contributed by atoms with Gasteiger partial charge in [-0.2, -0.15) is 0 Å². The molecule has 0 spiro atoms. The molecule has 2 aromatic carbocycles. The molecule has 34 heavy (non-hydrogen) atoms. The molecule has 178 valence electrons. The number of fused-ring (bicyclic) bond motifs is 3. The molecule has 2 amide bonds. The Morgan fingerprint density at radius 1 is 1.00 bits per heavy atom. The zero-order valence-electron chi connectivity index (χ0n) is 19.1. The number of hydrogen-bond acceptors (Lipinski definition) is 4. The second kappa shape index (κ2) is 9.49. The van der Waals surface area contributed by atoms with Crippen LogP contribution in [0.5, 0.6) is 0 Å². The Balaban J connectivity index is 1.25. The van der Waals surface area contributed by atoms with E-state index in [1.165, 1.54) is 0 Å². The van der Waals surface area contributed by atoms with Gasteiger partial charge in [0, 0.05) is 18.5 Å². The molecule has 1 saturated heterocycles. The van der Waals surface area contributed by atoms with Gasteiger partial charge >= 0.3 is 12.1 Å². The summed E-state index contributed by atoms with van der Waals surface area (Å²) in [6, 6.07) is 15.3. The minimum absolute atomic E-state index is 0.0470. The highest BCUT2D eigenvalue weighted by molar-refractivity contribution is 5.87. The van der Waals surface area contributed by atoms with Crippen LogP contribution in [0.1, 0.15) is 55.6 Å². The Morgan fingerprint density at radius 3 is 2.26 bits per heavy atom. The molecule has 1 aliphatic heterocycles. The van der Waals surface area contributed by atoms with E-state index < -0.39 is 18.1 Å². The van der Waals surface area contributed by atoms with Gasteiger partial charge in [0.1, 0.15) is 12.6 Å². The van der Waals surface area contributed by atoms with Gasteiger partial charge in [0.05, 0.1) is 6.42 Å². The van der Waals surface area contributed by atoms with Gasteiger partial charge in [0.2, 0.25) is 5.91 Å². The van der Waals surface area contributed by atoms with E-state index >= 15 is 0 Å². The number of nitrogens with zero attached hydrogens (tertiary/aromatic N) is 1. The number of ether oxygens (including phenoxy) is 1. The van der Waals surface area contributed by atoms with Gasteiger partial charge in [-0.25, -0.2) is 4.79 Å². The third-order valence-electron chi connectivity index (χ3n) is 7.27. The summed E-state index contributed by atoms with van der Waals surface area (Å²) in [5, 5.41) is 12.0. The molecule has 2 N–H and O–H groups in total. The number of benzene rings is 2. The lowest BCUT2D eigenvalue weighted by molar-refractivity contribution is -0.140. The van der Waals surface area contributed by atoms with Crippen LogP contribution in [0.4, 0.5) is 4.79 Å². The van der Waals surface area contributed by atoms with Crippen LogP contribution < -0.4 is 5.32 Å². The summed E-state index contributed by atoms with van der Waals surface area (Å²) < 4.78 is 5.66. The van der Waals surface area contributed by atoms with Crippen LogP contribution in [0.2, 0.25) is 0 Å². The number of aliphatic carboxylic acids is 1. The van der Waals surface area contributed by atoms with Crippen LogP contribution in [0.3, 0.4) is 0 Å². The van der Waals surface area contributed by atoms with Crippen molar-refractivity contribution in [3.05, 3.63) is 59.7 Å². The summed E-state index contributed by atoms with van der Waals surface area (Å²) in [5.74, 6) is -0.727. The van der Waals surface area contributed by atoms with Crippen LogP contribution in [-0.4, -0.2) is 53.2 Å². The monoisotopic (exact) mass is 462 g/mol. The topological polar surface area (TPSA) is 95.9 Å². The fourth-order valence-corrected chi connectivity index (χ4v) is 5.43. The number of amides is 2. The maximum absolute atomic E-state index is 13.3. The Kier molecular flexibility index (Phi) is 6.26. The number of carbonyl (C=O) groups is 3. The Bertz CT molecular complexity index is 1050.